The monoisotopic (exact) mass is 329 g/mol. The summed E-state index contributed by atoms with van der Waals surface area (Å²) < 4.78 is 42.4. The molecule has 1 saturated heterocycles. The molecule has 1 fully saturated rings. The normalized spacial score (nSPS) is 25.1. The Labute approximate surface area is 129 Å². The van der Waals surface area contributed by atoms with Gasteiger partial charge in [-0.3, -0.25) is 4.79 Å². The fourth-order valence-corrected chi connectivity index (χ4v) is 3.73. The summed E-state index contributed by atoms with van der Waals surface area (Å²) in [5, 5.41) is 2.60. The first-order valence-corrected chi connectivity index (χ1v) is 8.86. The van der Waals surface area contributed by atoms with E-state index in [-0.39, 0.29) is 35.1 Å². The molecule has 5 nitrogen and oxygen atoms in total. The van der Waals surface area contributed by atoms with Crippen molar-refractivity contribution in [1.29, 1.82) is 0 Å². The predicted octanol–water partition coefficient (Wildman–Crippen LogP) is 1.53. The van der Waals surface area contributed by atoms with E-state index in [0.717, 1.165) is 18.6 Å². The number of halogens is 1. The van der Waals surface area contributed by atoms with Crippen LogP contribution in [0.1, 0.15) is 20.3 Å². The summed E-state index contributed by atoms with van der Waals surface area (Å²) in [7, 11) is -3.54. The molecule has 1 aliphatic heterocycles. The summed E-state index contributed by atoms with van der Waals surface area (Å²) in [6, 6.07) is 4.63. The number of nitrogens with one attached hydrogen (secondary N) is 1. The lowest BCUT2D eigenvalue weighted by molar-refractivity contribution is -0.133. The van der Waals surface area contributed by atoms with E-state index in [9.17, 15) is 17.6 Å². The van der Waals surface area contributed by atoms with Gasteiger partial charge in [-0.15, -0.1) is 0 Å². The molecule has 1 amide bonds. The Balaban J connectivity index is 1.87. The van der Waals surface area contributed by atoms with Crippen LogP contribution in [0, 0.1) is 11.7 Å². The number of carbonyl (C=O) groups excluding carboxylic acids is 1. The molecule has 0 aliphatic carbocycles. The van der Waals surface area contributed by atoms with Crippen LogP contribution in [0.4, 0.5) is 4.39 Å². The second kappa shape index (κ2) is 6.75. The van der Waals surface area contributed by atoms with Gasteiger partial charge in [0.2, 0.25) is 5.91 Å². The second-order valence-electron chi connectivity index (χ2n) is 5.64. The number of hydrogen-bond acceptors (Lipinski definition) is 4. The van der Waals surface area contributed by atoms with Crippen LogP contribution >= 0.6 is 0 Å². The summed E-state index contributed by atoms with van der Waals surface area (Å²) in [6.45, 7) is 3.84. The van der Waals surface area contributed by atoms with Crippen molar-refractivity contribution in [3.63, 3.8) is 0 Å². The average Bonchev–Trinajstić information content (AvgIpc) is 2.78. The highest BCUT2D eigenvalue weighted by molar-refractivity contribution is 7.91. The third kappa shape index (κ3) is 4.04. The molecule has 2 rings (SSSR count). The Bertz CT molecular complexity index is 629. The largest absolute Gasteiger partial charge is 0.365 e. The van der Waals surface area contributed by atoms with Gasteiger partial charge in [-0.05, 0) is 43.5 Å². The van der Waals surface area contributed by atoms with Crippen LogP contribution in [0.2, 0.25) is 0 Å². The molecule has 1 N–H and O–H groups in total. The lowest BCUT2D eigenvalue weighted by atomic mass is 10.0. The Hall–Kier alpha value is -1.47. The Kier molecular flexibility index (Phi) is 5.18. The maximum absolute atomic E-state index is 12.8. The zero-order valence-corrected chi connectivity index (χ0v) is 13.4. The molecule has 3 unspecified atom stereocenters. The minimum atomic E-state index is -3.54. The van der Waals surface area contributed by atoms with Gasteiger partial charge in [-0.1, -0.05) is 6.92 Å². The smallest absolute Gasteiger partial charge is 0.249 e. The van der Waals surface area contributed by atoms with Gasteiger partial charge in [-0.2, -0.15) is 0 Å². The minimum Gasteiger partial charge on any atom is -0.365 e. The number of benzene rings is 1. The second-order valence-corrected chi connectivity index (χ2v) is 7.75. The Morgan fingerprint density at radius 3 is 2.50 bits per heavy atom. The van der Waals surface area contributed by atoms with Gasteiger partial charge in [-0.25, -0.2) is 12.8 Å². The molecule has 3 atom stereocenters. The molecule has 0 bridgehead atoms. The van der Waals surface area contributed by atoms with Crippen LogP contribution in [-0.2, 0) is 19.4 Å². The lowest BCUT2D eigenvalue weighted by Gasteiger charge is -2.15. The van der Waals surface area contributed by atoms with E-state index in [1.807, 2.05) is 13.8 Å². The molecule has 1 heterocycles. The standard InChI is InChI=1S/C15H20FNO4S/c1-10-9-11(2)21-14(10)15(18)17-7-8-22(19,20)13-5-3-12(16)4-6-13/h3-6,10-11,14H,7-9H2,1-2H3,(H,17,18). The van der Waals surface area contributed by atoms with Gasteiger partial charge < -0.3 is 10.1 Å². The third-order valence-electron chi connectivity index (χ3n) is 3.70. The van der Waals surface area contributed by atoms with Gasteiger partial charge in [0, 0.05) is 6.54 Å². The van der Waals surface area contributed by atoms with Crippen molar-refractivity contribution in [3.8, 4) is 0 Å². The molecule has 0 radical (unpaired) electrons. The van der Waals surface area contributed by atoms with Crippen molar-refractivity contribution >= 4 is 15.7 Å². The highest BCUT2D eigenvalue weighted by Gasteiger charge is 2.34. The average molecular weight is 329 g/mol. The summed E-state index contributed by atoms with van der Waals surface area (Å²) in [5.74, 6) is -0.898. The molecular formula is C15H20FNO4S. The minimum absolute atomic E-state index is 0.000492. The van der Waals surface area contributed by atoms with Crippen LogP contribution in [0.25, 0.3) is 0 Å². The van der Waals surface area contributed by atoms with Crippen LogP contribution in [0.3, 0.4) is 0 Å². The highest BCUT2D eigenvalue weighted by atomic mass is 32.2. The van der Waals surface area contributed by atoms with E-state index in [1.54, 1.807) is 0 Å². The SMILES string of the molecule is CC1CC(C)C(C(=O)NCCS(=O)(=O)c2ccc(F)cc2)O1. The molecular weight excluding hydrogens is 309 g/mol. The van der Waals surface area contributed by atoms with Crippen molar-refractivity contribution < 1.29 is 22.3 Å². The van der Waals surface area contributed by atoms with E-state index in [2.05, 4.69) is 5.32 Å². The first-order valence-electron chi connectivity index (χ1n) is 7.21. The predicted molar refractivity (Wildman–Crippen MR) is 79.6 cm³/mol. The van der Waals surface area contributed by atoms with Gasteiger partial charge in [0.05, 0.1) is 16.8 Å². The van der Waals surface area contributed by atoms with E-state index in [4.69, 9.17) is 4.74 Å². The van der Waals surface area contributed by atoms with Crippen molar-refractivity contribution in [3.05, 3.63) is 30.1 Å². The number of ether oxygens (including phenoxy) is 1. The summed E-state index contributed by atoms with van der Waals surface area (Å²) in [6.07, 6.45) is 0.323. The molecule has 1 aliphatic rings. The number of carbonyl (C=O) groups is 1. The van der Waals surface area contributed by atoms with Crippen molar-refractivity contribution in [1.82, 2.24) is 5.32 Å². The highest BCUT2D eigenvalue weighted by Crippen LogP contribution is 2.25. The van der Waals surface area contributed by atoms with Gasteiger partial charge in [0.1, 0.15) is 11.9 Å². The zero-order chi connectivity index (χ0) is 16.3. The Morgan fingerprint density at radius 2 is 1.95 bits per heavy atom. The fraction of sp³-hybridized carbons (Fsp3) is 0.533. The molecule has 0 aromatic heterocycles. The molecule has 22 heavy (non-hydrogen) atoms. The molecule has 0 saturated carbocycles. The summed E-state index contributed by atoms with van der Waals surface area (Å²) >= 11 is 0. The van der Waals surface area contributed by atoms with Crippen LogP contribution in [-0.4, -0.2) is 38.8 Å². The number of sulfone groups is 1. The lowest BCUT2D eigenvalue weighted by Crippen LogP contribution is -2.39. The number of rotatable bonds is 5. The van der Waals surface area contributed by atoms with Gasteiger partial charge >= 0.3 is 0 Å². The molecule has 1 aromatic carbocycles. The van der Waals surface area contributed by atoms with E-state index in [1.165, 1.54) is 12.1 Å². The third-order valence-corrected chi connectivity index (χ3v) is 5.43. The van der Waals surface area contributed by atoms with Crippen LogP contribution < -0.4 is 5.32 Å². The summed E-state index contributed by atoms with van der Waals surface area (Å²) in [4.78, 5) is 12.0. The molecule has 122 valence electrons. The van der Waals surface area contributed by atoms with E-state index >= 15 is 0 Å². The van der Waals surface area contributed by atoms with Crippen LogP contribution in [0.15, 0.2) is 29.2 Å². The van der Waals surface area contributed by atoms with Crippen molar-refractivity contribution in [2.24, 2.45) is 5.92 Å². The number of hydrogen-bond donors (Lipinski definition) is 1. The number of amides is 1. The molecule has 7 heteroatoms. The molecule has 1 aromatic rings. The van der Waals surface area contributed by atoms with Gasteiger partial charge in [0.25, 0.3) is 0 Å². The van der Waals surface area contributed by atoms with Crippen LogP contribution in [0.5, 0.6) is 0 Å². The first kappa shape index (κ1) is 16.9. The first-order chi connectivity index (χ1) is 10.3. The maximum atomic E-state index is 12.8. The zero-order valence-electron chi connectivity index (χ0n) is 12.6. The van der Waals surface area contributed by atoms with E-state index < -0.39 is 21.8 Å². The van der Waals surface area contributed by atoms with Crippen molar-refractivity contribution in [2.75, 3.05) is 12.3 Å². The molecule has 0 spiro atoms. The van der Waals surface area contributed by atoms with Gasteiger partial charge in [0.15, 0.2) is 9.84 Å². The van der Waals surface area contributed by atoms with E-state index in [0.29, 0.717) is 0 Å². The summed E-state index contributed by atoms with van der Waals surface area (Å²) in [5.41, 5.74) is 0. The van der Waals surface area contributed by atoms with Crippen molar-refractivity contribution in [2.45, 2.75) is 37.4 Å². The fourth-order valence-electron chi connectivity index (χ4n) is 2.58. The maximum Gasteiger partial charge on any atom is 0.249 e. The Morgan fingerprint density at radius 1 is 1.32 bits per heavy atom. The quantitative estimate of drug-likeness (QED) is 0.832. The topological polar surface area (TPSA) is 72.5 Å².